The van der Waals surface area contributed by atoms with Crippen LogP contribution in [0.4, 0.5) is 0 Å². The van der Waals surface area contributed by atoms with Gasteiger partial charge in [0.2, 0.25) is 0 Å². The summed E-state index contributed by atoms with van der Waals surface area (Å²) in [5.41, 5.74) is 0. The Labute approximate surface area is 77.7 Å². The molecule has 1 fully saturated rings. The van der Waals surface area contributed by atoms with Crippen LogP contribution in [0.3, 0.4) is 0 Å². The fraction of sp³-hybridized carbons (Fsp3) is 0.889. The van der Waals surface area contributed by atoms with Crippen molar-refractivity contribution in [2.24, 2.45) is 5.92 Å². The highest BCUT2D eigenvalue weighted by Crippen LogP contribution is 2.29. The molecule has 0 radical (unpaired) electrons. The first-order valence-corrected chi connectivity index (χ1v) is 5.59. The Morgan fingerprint density at radius 2 is 2.17 bits per heavy atom. The number of carbonyl (C=O) groups is 1. The fourth-order valence-corrected chi connectivity index (χ4v) is 2.57. The van der Waals surface area contributed by atoms with Gasteiger partial charge in [-0.05, 0) is 31.4 Å². The van der Waals surface area contributed by atoms with Gasteiger partial charge in [-0.1, -0.05) is 12.8 Å². The van der Waals surface area contributed by atoms with Crippen LogP contribution in [0, 0.1) is 5.92 Å². The third kappa shape index (κ3) is 3.05. The Balaban J connectivity index is 2.11. The van der Waals surface area contributed by atoms with Crippen molar-refractivity contribution in [1.29, 1.82) is 0 Å². The third-order valence-electron chi connectivity index (χ3n) is 2.40. The maximum Gasteiger partial charge on any atom is 0.316 e. The van der Waals surface area contributed by atoms with Gasteiger partial charge in [-0.3, -0.25) is 4.79 Å². The van der Waals surface area contributed by atoms with Crippen LogP contribution in [-0.4, -0.2) is 22.1 Å². The van der Waals surface area contributed by atoms with Gasteiger partial charge in [-0.2, -0.15) is 0 Å². The molecule has 0 amide bonds. The molecule has 3 heteroatoms. The highest BCUT2D eigenvalue weighted by atomic mass is 32.2. The maximum atomic E-state index is 10.5. The summed E-state index contributed by atoms with van der Waals surface area (Å²) in [7, 11) is 0. The van der Waals surface area contributed by atoms with Gasteiger partial charge >= 0.3 is 5.97 Å². The summed E-state index contributed by atoms with van der Waals surface area (Å²) in [4.78, 5) is 10.5. The van der Waals surface area contributed by atoms with Gasteiger partial charge in [0.1, 0.15) is 0 Å². The van der Waals surface area contributed by atoms with Crippen molar-refractivity contribution in [3.63, 3.8) is 0 Å². The molecule has 0 saturated heterocycles. The Kier molecular flexibility index (Phi) is 3.92. The maximum absolute atomic E-state index is 10.5. The van der Waals surface area contributed by atoms with Crippen molar-refractivity contribution in [1.82, 2.24) is 0 Å². The summed E-state index contributed by atoms with van der Waals surface area (Å²) >= 11 is 1.58. The van der Waals surface area contributed by atoms with E-state index in [9.17, 15) is 4.79 Å². The lowest BCUT2D eigenvalue weighted by Crippen LogP contribution is -2.13. The van der Waals surface area contributed by atoms with E-state index in [4.69, 9.17) is 5.11 Å². The summed E-state index contributed by atoms with van der Waals surface area (Å²) in [5, 5.41) is 8.40. The van der Waals surface area contributed by atoms with Gasteiger partial charge in [-0.25, -0.2) is 0 Å². The van der Waals surface area contributed by atoms with Gasteiger partial charge in [0.05, 0.1) is 5.25 Å². The molecule has 0 aromatic heterocycles. The fourth-order valence-electron chi connectivity index (χ4n) is 1.53. The largest absolute Gasteiger partial charge is 0.480 e. The lowest BCUT2D eigenvalue weighted by atomic mass is 10.1. The normalized spacial score (nSPS) is 21.1. The van der Waals surface area contributed by atoms with Crippen molar-refractivity contribution in [2.45, 2.75) is 37.9 Å². The SMILES string of the molecule is CC(SCC1CCCC1)C(=O)O. The Morgan fingerprint density at radius 3 is 2.67 bits per heavy atom. The highest BCUT2D eigenvalue weighted by molar-refractivity contribution is 8.00. The van der Waals surface area contributed by atoms with Crippen molar-refractivity contribution < 1.29 is 9.90 Å². The van der Waals surface area contributed by atoms with E-state index in [0.717, 1.165) is 11.7 Å². The highest BCUT2D eigenvalue weighted by Gasteiger charge is 2.18. The van der Waals surface area contributed by atoms with Crippen molar-refractivity contribution in [3.8, 4) is 0 Å². The molecule has 70 valence electrons. The van der Waals surface area contributed by atoms with Crippen LogP contribution in [0.25, 0.3) is 0 Å². The minimum atomic E-state index is -0.682. The molecule has 1 N–H and O–H groups in total. The number of thioether (sulfide) groups is 1. The molecule has 1 unspecified atom stereocenters. The van der Waals surface area contributed by atoms with Gasteiger partial charge in [0.15, 0.2) is 0 Å². The predicted octanol–water partition coefficient (Wildman–Crippen LogP) is 2.38. The summed E-state index contributed by atoms with van der Waals surface area (Å²) in [6.45, 7) is 1.77. The summed E-state index contributed by atoms with van der Waals surface area (Å²) in [6, 6.07) is 0. The van der Waals surface area contributed by atoms with E-state index >= 15 is 0 Å². The monoisotopic (exact) mass is 188 g/mol. The van der Waals surface area contributed by atoms with E-state index < -0.39 is 5.97 Å². The molecule has 2 nitrogen and oxygen atoms in total. The molecule has 0 aliphatic heterocycles. The topological polar surface area (TPSA) is 37.3 Å². The first-order valence-electron chi connectivity index (χ1n) is 4.54. The molecule has 0 bridgehead atoms. The molecular weight excluding hydrogens is 172 g/mol. The zero-order chi connectivity index (χ0) is 8.97. The van der Waals surface area contributed by atoms with Crippen LogP contribution in [0.5, 0.6) is 0 Å². The Morgan fingerprint density at radius 1 is 1.58 bits per heavy atom. The van der Waals surface area contributed by atoms with E-state index in [1.807, 2.05) is 0 Å². The first kappa shape index (κ1) is 9.90. The number of hydrogen-bond donors (Lipinski definition) is 1. The summed E-state index contributed by atoms with van der Waals surface area (Å²) in [5.74, 6) is 1.14. The smallest absolute Gasteiger partial charge is 0.316 e. The molecule has 1 aliphatic carbocycles. The molecule has 1 atom stereocenters. The minimum Gasteiger partial charge on any atom is -0.480 e. The number of carboxylic acid groups (broad SMARTS) is 1. The first-order chi connectivity index (χ1) is 5.70. The summed E-state index contributed by atoms with van der Waals surface area (Å²) in [6.07, 6.45) is 5.29. The van der Waals surface area contributed by atoms with Crippen LogP contribution >= 0.6 is 11.8 Å². The van der Waals surface area contributed by atoms with Crippen LogP contribution < -0.4 is 0 Å². The standard InChI is InChI=1S/C9H16O2S/c1-7(9(10)11)12-6-8-4-2-3-5-8/h7-8H,2-6H2,1H3,(H,10,11). The molecule has 0 aromatic carbocycles. The molecular formula is C9H16O2S. The van der Waals surface area contributed by atoms with Gasteiger partial charge in [0, 0.05) is 0 Å². The number of carboxylic acids is 1. The number of hydrogen-bond acceptors (Lipinski definition) is 2. The lowest BCUT2D eigenvalue weighted by Gasteiger charge is -2.10. The molecule has 1 aliphatic rings. The molecule has 0 heterocycles. The van der Waals surface area contributed by atoms with E-state index in [2.05, 4.69) is 0 Å². The lowest BCUT2D eigenvalue weighted by molar-refractivity contribution is -0.136. The van der Waals surface area contributed by atoms with Crippen molar-refractivity contribution >= 4 is 17.7 Å². The molecule has 0 spiro atoms. The second-order valence-corrected chi connectivity index (χ2v) is 4.84. The number of aliphatic carboxylic acids is 1. The van der Waals surface area contributed by atoms with E-state index in [1.54, 1.807) is 18.7 Å². The average molecular weight is 188 g/mol. The van der Waals surface area contributed by atoms with Crippen LogP contribution in [-0.2, 0) is 4.79 Å². The van der Waals surface area contributed by atoms with Crippen LogP contribution in [0.2, 0.25) is 0 Å². The van der Waals surface area contributed by atoms with Crippen LogP contribution in [0.15, 0.2) is 0 Å². The average Bonchev–Trinajstić information content (AvgIpc) is 2.51. The zero-order valence-electron chi connectivity index (χ0n) is 7.45. The molecule has 1 rings (SSSR count). The van der Waals surface area contributed by atoms with Crippen molar-refractivity contribution in [3.05, 3.63) is 0 Å². The second kappa shape index (κ2) is 4.75. The van der Waals surface area contributed by atoms with Gasteiger partial charge in [0.25, 0.3) is 0 Å². The molecule has 0 aromatic rings. The molecule has 1 saturated carbocycles. The third-order valence-corrected chi connectivity index (χ3v) is 3.77. The number of rotatable bonds is 4. The zero-order valence-corrected chi connectivity index (χ0v) is 8.27. The minimum absolute atomic E-state index is 0.231. The van der Waals surface area contributed by atoms with Crippen molar-refractivity contribution in [2.75, 3.05) is 5.75 Å². The molecule has 12 heavy (non-hydrogen) atoms. The van der Waals surface area contributed by atoms with Crippen LogP contribution in [0.1, 0.15) is 32.6 Å². The van der Waals surface area contributed by atoms with Gasteiger partial charge < -0.3 is 5.11 Å². The predicted molar refractivity (Wildman–Crippen MR) is 51.5 cm³/mol. The van der Waals surface area contributed by atoms with Gasteiger partial charge in [-0.15, -0.1) is 11.8 Å². The quantitative estimate of drug-likeness (QED) is 0.736. The van der Waals surface area contributed by atoms with E-state index in [-0.39, 0.29) is 5.25 Å². The van der Waals surface area contributed by atoms with E-state index in [1.165, 1.54) is 25.7 Å². The van der Waals surface area contributed by atoms with E-state index in [0.29, 0.717) is 0 Å². The second-order valence-electron chi connectivity index (χ2n) is 3.46. The Bertz CT molecular complexity index is 153. The summed E-state index contributed by atoms with van der Waals surface area (Å²) < 4.78 is 0. The Hall–Kier alpha value is -0.180.